The van der Waals surface area contributed by atoms with Crippen LogP contribution >= 0.6 is 0 Å². The Morgan fingerprint density at radius 1 is 1.38 bits per heavy atom. The fraction of sp³-hybridized carbons (Fsp3) is 0.545. The molecule has 0 fully saturated rings. The first-order valence-electron chi connectivity index (χ1n) is 5.37. The third kappa shape index (κ3) is 1.98. The lowest BCUT2D eigenvalue weighted by Crippen LogP contribution is -2.43. The van der Waals surface area contributed by atoms with Gasteiger partial charge in [0.25, 0.3) is 5.91 Å². The molecular formula is C11H13NO4. The van der Waals surface area contributed by atoms with Crippen molar-refractivity contribution in [2.75, 3.05) is 6.61 Å². The van der Waals surface area contributed by atoms with Crippen molar-refractivity contribution in [1.29, 1.82) is 0 Å². The summed E-state index contributed by atoms with van der Waals surface area (Å²) in [6.45, 7) is 0.0577. The normalized spacial score (nSPS) is 25.0. The van der Waals surface area contributed by atoms with Crippen LogP contribution in [0.25, 0.3) is 0 Å². The molecule has 1 aliphatic heterocycles. The molecule has 0 saturated carbocycles. The Hall–Kier alpha value is -1.65. The first kappa shape index (κ1) is 10.9. The molecule has 0 aromatic rings. The van der Waals surface area contributed by atoms with Gasteiger partial charge in [0, 0.05) is 6.42 Å². The summed E-state index contributed by atoms with van der Waals surface area (Å²) < 4.78 is 5.43. The summed E-state index contributed by atoms with van der Waals surface area (Å²) in [5.74, 6) is -0.231. The Labute approximate surface area is 92.8 Å². The topological polar surface area (TPSA) is 72.5 Å². The van der Waals surface area contributed by atoms with E-state index in [1.807, 2.05) is 0 Å². The zero-order valence-corrected chi connectivity index (χ0v) is 8.82. The maximum absolute atomic E-state index is 11.8. The molecule has 0 saturated heterocycles. The van der Waals surface area contributed by atoms with Crippen molar-refractivity contribution in [2.45, 2.75) is 31.7 Å². The molecule has 0 aromatic carbocycles. The summed E-state index contributed by atoms with van der Waals surface area (Å²) in [5.41, 5.74) is 0.632. The van der Waals surface area contributed by atoms with Crippen molar-refractivity contribution in [3.05, 3.63) is 11.3 Å². The zero-order chi connectivity index (χ0) is 11.5. The van der Waals surface area contributed by atoms with Crippen LogP contribution in [0.2, 0.25) is 0 Å². The SMILES string of the molecule is O=CC(=O)[C@H]1COC2=C(CCCC2)C(=O)N1. The van der Waals surface area contributed by atoms with Crippen LogP contribution in [0.3, 0.4) is 0 Å². The van der Waals surface area contributed by atoms with E-state index in [2.05, 4.69) is 5.32 Å². The van der Waals surface area contributed by atoms with Crippen molar-refractivity contribution in [2.24, 2.45) is 0 Å². The second-order valence-electron chi connectivity index (χ2n) is 3.97. The second kappa shape index (κ2) is 4.47. The van der Waals surface area contributed by atoms with E-state index in [4.69, 9.17) is 4.74 Å². The predicted octanol–water partition coefficient (Wildman–Crippen LogP) is 0.0975. The molecule has 1 N–H and O–H groups in total. The molecule has 86 valence electrons. The van der Waals surface area contributed by atoms with E-state index in [1.165, 1.54) is 0 Å². The van der Waals surface area contributed by atoms with Gasteiger partial charge >= 0.3 is 0 Å². The minimum atomic E-state index is -0.837. The number of amides is 1. The standard InChI is InChI=1S/C11H13NO4/c13-5-9(14)8-6-16-10-4-2-1-3-7(10)11(15)12-8/h5,8H,1-4,6H2,(H,12,15)/t8-/m1/s1. The van der Waals surface area contributed by atoms with Crippen molar-refractivity contribution in [1.82, 2.24) is 5.32 Å². The number of hydrogen-bond acceptors (Lipinski definition) is 4. The molecule has 0 aromatic heterocycles. The first-order chi connectivity index (χ1) is 7.72. The molecule has 5 heteroatoms. The minimum Gasteiger partial charge on any atom is -0.495 e. The highest BCUT2D eigenvalue weighted by molar-refractivity contribution is 6.28. The maximum Gasteiger partial charge on any atom is 0.251 e. The Bertz CT molecular complexity index is 372. The van der Waals surface area contributed by atoms with Crippen LogP contribution in [0.4, 0.5) is 0 Å². The number of carbonyl (C=O) groups excluding carboxylic acids is 3. The van der Waals surface area contributed by atoms with Gasteiger partial charge in [-0.05, 0) is 19.3 Å². The molecule has 0 unspecified atom stereocenters. The van der Waals surface area contributed by atoms with E-state index < -0.39 is 11.8 Å². The van der Waals surface area contributed by atoms with Gasteiger partial charge in [-0.2, -0.15) is 0 Å². The van der Waals surface area contributed by atoms with Gasteiger partial charge in [0.2, 0.25) is 5.78 Å². The molecule has 16 heavy (non-hydrogen) atoms. The number of hydrogen-bond donors (Lipinski definition) is 1. The molecule has 1 amide bonds. The number of rotatable bonds is 2. The van der Waals surface area contributed by atoms with Crippen LogP contribution < -0.4 is 5.32 Å². The van der Waals surface area contributed by atoms with Gasteiger partial charge in [0.05, 0.1) is 5.57 Å². The molecule has 1 atom stereocenters. The summed E-state index contributed by atoms with van der Waals surface area (Å²) in [6.07, 6.45) is 3.60. The largest absolute Gasteiger partial charge is 0.495 e. The number of ketones is 1. The third-order valence-corrected chi connectivity index (χ3v) is 2.88. The summed E-state index contributed by atoms with van der Waals surface area (Å²) in [6, 6.07) is -0.837. The van der Waals surface area contributed by atoms with Crippen molar-refractivity contribution < 1.29 is 19.1 Å². The van der Waals surface area contributed by atoms with Gasteiger partial charge in [-0.1, -0.05) is 0 Å². The number of allylic oxidation sites excluding steroid dienone is 1. The summed E-state index contributed by atoms with van der Waals surface area (Å²) in [4.78, 5) is 33.3. The number of carbonyl (C=O) groups is 3. The Morgan fingerprint density at radius 2 is 2.12 bits per heavy atom. The first-order valence-corrected chi connectivity index (χ1v) is 5.37. The van der Waals surface area contributed by atoms with Crippen LogP contribution in [0.1, 0.15) is 25.7 Å². The molecule has 0 bridgehead atoms. The van der Waals surface area contributed by atoms with E-state index in [1.54, 1.807) is 0 Å². The van der Waals surface area contributed by atoms with Crippen LogP contribution in [-0.2, 0) is 19.1 Å². The lowest BCUT2D eigenvalue weighted by atomic mass is 9.97. The maximum atomic E-state index is 11.8. The minimum absolute atomic E-state index is 0.0577. The van der Waals surface area contributed by atoms with Gasteiger partial charge in [-0.15, -0.1) is 0 Å². The van der Waals surface area contributed by atoms with Crippen molar-refractivity contribution in [3.63, 3.8) is 0 Å². The lowest BCUT2D eigenvalue weighted by molar-refractivity contribution is -0.133. The average molecular weight is 223 g/mol. The highest BCUT2D eigenvalue weighted by atomic mass is 16.5. The number of ether oxygens (including phenoxy) is 1. The van der Waals surface area contributed by atoms with Crippen molar-refractivity contribution in [3.8, 4) is 0 Å². The predicted molar refractivity (Wildman–Crippen MR) is 54.4 cm³/mol. The average Bonchev–Trinajstić information content (AvgIpc) is 2.49. The quantitative estimate of drug-likeness (QED) is 0.532. The van der Waals surface area contributed by atoms with Crippen LogP contribution in [0.5, 0.6) is 0 Å². The van der Waals surface area contributed by atoms with Gasteiger partial charge in [0.1, 0.15) is 18.4 Å². The zero-order valence-electron chi connectivity index (χ0n) is 8.82. The highest BCUT2D eigenvalue weighted by Crippen LogP contribution is 2.27. The smallest absolute Gasteiger partial charge is 0.251 e. The molecule has 1 heterocycles. The monoisotopic (exact) mass is 223 g/mol. The van der Waals surface area contributed by atoms with Gasteiger partial charge in [-0.3, -0.25) is 14.4 Å². The number of nitrogens with one attached hydrogen (secondary N) is 1. The van der Waals surface area contributed by atoms with Crippen LogP contribution in [-0.4, -0.2) is 30.6 Å². The fourth-order valence-electron chi connectivity index (χ4n) is 1.98. The van der Waals surface area contributed by atoms with E-state index in [0.29, 0.717) is 17.8 Å². The van der Waals surface area contributed by atoms with Gasteiger partial charge in [-0.25, -0.2) is 0 Å². The van der Waals surface area contributed by atoms with E-state index in [9.17, 15) is 14.4 Å². The molecule has 0 spiro atoms. The molecular weight excluding hydrogens is 210 g/mol. The van der Waals surface area contributed by atoms with Gasteiger partial charge in [0.15, 0.2) is 6.29 Å². The number of aldehydes is 1. The van der Waals surface area contributed by atoms with Crippen LogP contribution in [0.15, 0.2) is 11.3 Å². The summed E-state index contributed by atoms with van der Waals surface area (Å²) in [5, 5.41) is 2.53. The third-order valence-electron chi connectivity index (χ3n) is 2.88. The Morgan fingerprint density at radius 3 is 2.88 bits per heavy atom. The Kier molecular flexibility index (Phi) is 3.03. The lowest BCUT2D eigenvalue weighted by Gasteiger charge is -2.16. The number of Topliss-reactive ketones (excluding diaryl/α,β-unsaturated/α-hetero) is 1. The fourth-order valence-corrected chi connectivity index (χ4v) is 1.98. The van der Waals surface area contributed by atoms with E-state index in [-0.39, 0.29) is 18.8 Å². The summed E-state index contributed by atoms with van der Waals surface area (Å²) in [7, 11) is 0. The molecule has 1 aliphatic carbocycles. The highest BCUT2D eigenvalue weighted by Gasteiger charge is 2.29. The molecule has 0 radical (unpaired) electrons. The van der Waals surface area contributed by atoms with Crippen LogP contribution in [0, 0.1) is 0 Å². The molecule has 5 nitrogen and oxygen atoms in total. The van der Waals surface area contributed by atoms with E-state index >= 15 is 0 Å². The summed E-state index contributed by atoms with van der Waals surface area (Å²) >= 11 is 0. The Balaban J connectivity index is 2.16. The van der Waals surface area contributed by atoms with Crippen molar-refractivity contribution >= 4 is 18.0 Å². The van der Waals surface area contributed by atoms with Gasteiger partial charge < -0.3 is 10.1 Å². The molecule has 2 aliphatic rings. The van der Waals surface area contributed by atoms with E-state index in [0.717, 1.165) is 19.3 Å². The second-order valence-corrected chi connectivity index (χ2v) is 3.97. The molecule has 2 rings (SSSR count).